The van der Waals surface area contributed by atoms with E-state index in [4.69, 9.17) is 22.1 Å². The first-order chi connectivity index (χ1) is 9.02. The molecule has 0 saturated heterocycles. The number of rotatable bonds is 3. The van der Waals surface area contributed by atoms with E-state index in [9.17, 15) is 4.39 Å². The van der Waals surface area contributed by atoms with Crippen LogP contribution in [-0.4, -0.2) is 4.98 Å². The quantitative estimate of drug-likeness (QED) is 0.932. The molecule has 2 N–H and O–H groups in total. The van der Waals surface area contributed by atoms with Gasteiger partial charge in [0.2, 0.25) is 0 Å². The van der Waals surface area contributed by atoms with Crippen LogP contribution in [0.1, 0.15) is 17.0 Å². The van der Waals surface area contributed by atoms with Crippen LogP contribution in [0.5, 0.6) is 11.5 Å². The predicted molar refractivity (Wildman–Crippen MR) is 73.1 cm³/mol. The molecule has 0 aliphatic heterocycles. The van der Waals surface area contributed by atoms with Gasteiger partial charge < -0.3 is 10.5 Å². The molecule has 1 aromatic heterocycles. The van der Waals surface area contributed by atoms with Crippen molar-refractivity contribution in [3.05, 3.63) is 52.1 Å². The van der Waals surface area contributed by atoms with Gasteiger partial charge in [-0.3, -0.25) is 4.98 Å². The van der Waals surface area contributed by atoms with Gasteiger partial charge in [-0.1, -0.05) is 17.7 Å². The van der Waals surface area contributed by atoms with Gasteiger partial charge in [-0.25, -0.2) is 4.39 Å². The molecule has 2 rings (SSSR count). The lowest BCUT2D eigenvalue weighted by molar-refractivity contribution is 0.436. The van der Waals surface area contributed by atoms with E-state index in [0.717, 1.165) is 17.0 Å². The number of nitrogens with zero attached hydrogens (tertiary/aromatic N) is 1. The van der Waals surface area contributed by atoms with Crippen LogP contribution in [0, 0.1) is 19.7 Å². The summed E-state index contributed by atoms with van der Waals surface area (Å²) in [5.41, 5.74) is 8.00. The number of hydrogen-bond donors (Lipinski definition) is 1. The van der Waals surface area contributed by atoms with Crippen molar-refractivity contribution >= 4 is 11.6 Å². The van der Waals surface area contributed by atoms with Gasteiger partial charge in [0.15, 0.2) is 11.6 Å². The van der Waals surface area contributed by atoms with Crippen LogP contribution < -0.4 is 10.5 Å². The number of hydrogen-bond acceptors (Lipinski definition) is 3. The second-order valence-corrected chi connectivity index (χ2v) is 4.59. The van der Waals surface area contributed by atoms with Gasteiger partial charge in [0.05, 0.1) is 5.02 Å². The highest BCUT2D eigenvalue weighted by Gasteiger charge is 2.13. The Kier molecular flexibility index (Phi) is 4.02. The summed E-state index contributed by atoms with van der Waals surface area (Å²) in [6.07, 6.45) is 0. The van der Waals surface area contributed by atoms with Crippen LogP contribution in [-0.2, 0) is 6.54 Å². The van der Waals surface area contributed by atoms with E-state index in [1.54, 1.807) is 12.1 Å². The zero-order chi connectivity index (χ0) is 14.0. The summed E-state index contributed by atoms with van der Waals surface area (Å²) in [6.45, 7) is 3.96. The van der Waals surface area contributed by atoms with Crippen LogP contribution in [0.15, 0.2) is 24.3 Å². The summed E-state index contributed by atoms with van der Waals surface area (Å²) in [6, 6.07) is 6.35. The van der Waals surface area contributed by atoms with Crippen LogP contribution in [0.25, 0.3) is 0 Å². The normalized spacial score (nSPS) is 10.6. The topological polar surface area (TPSA) is 48.1 Å². The van der Waals surface area contributed by atoms with Crippen LogP contribution in [0.3, 0.4) is 0 Å². The minimum absolute atomic E-state index is 0.0225. The SMILES string of the molecule is Cc1cc(Oc2cccc(Cl)c2F)c(CN)c(C)n1. The third kappa shape index (κ3) is 2.85. The third-order valence-corrected chi connectivity index (χ3v) is 3.05. The fourth-order valence-electron chi connectivity index (χ4n) is 1.84. The van der Waals surface area contributed by atoms with E-state index in [1.165, 1.54) is 12.1 Å². The van der Waals surface area contributed by atoms with Gasteiger partial charge in [-0.2, -0.15) is 0 Å². The molecule has 0 bridgehead atoms. The van der Waals surface area contributed by atoms with Crippen LogP contribution in [0.2, 0.25) is 5.02 Å². The molecule has 0 saturated carbocycles. The van der Waals surface area contributed by atoms with Gasteiger partial charge in [-0.15, -0.1) is 0 Å². The summed E-state index contributed by atoms with van der Waals surface area (Å²) in [5.74, 6) is 0.000114. The molecule has 0 spiro atoms. The monoisotopic (exact) mass is 280 g/mol. The van der Waals surface area contributed by atoms with Crippen molar-refractivity contribution in [1.82, 2.24) is 4.98 Å². The smallest absolute Gasteiger partial charge is 0.184 e. The van der Waals surface area contributed by atoms with E-state index in [1.807, 2.05) is 13.8 Å². The molecule has 0 unspecified atom stereocenters. The van der Waals surface area contributed by atoms with E-state index in [0.29, 0.717) is 5.75 Å². The van der Waals surface area contributed by atoms with Crippen molar-refractivity contribution in [2.75, 3.05) is 0 Å². The Labute approximate surface area is 116 Å². The molecule has 0 fully saturated rings. The highest BCUT2D eigenvalue weighted by molar-refractivity contribution is 6.30. The lowest BCUT2D eigenvalue weighted by atomic mass is 10.1. The number of aryl methyl sites for hydroxylation is 2. The fraction of sp³-hybridized carbons (Fsp3) is 0.214. The number of ether oxygens (including phenoxy) is 1. The van der Waals surface area contributed by atoms with Gasteiger partial charge in [0.1, 0.15) is 5.75 Å². The van der Waals surface area contributed by atoms with E-state index in [2.05, 4.69) is 4.98 Å². The van der Waals surface area contributed by atoms with Crippen LogP contribution >= 0.6 is 11.6 Å². The van der Waals surface area contributed by atoms with Crippen molar-refractivity contribution in [2.24, 2.45) is 5.73 Å². The van der Waals surface area contributed by atoms with Crippen LogP contribution in [0.4, 0.5) is 4.39 Å². The Balaban J connectivity index is 2.46. The first-order valence-corrected chi connectivity index (χ1v) is 6.19. The summed E-state index contributed by atoms with van der Waals surface area (Å²) in [4.78, 5) is 4.31. The summed E-state index contributed by atoms with van der Waals surface area (Å²) >= 11 is 5.72. The first kappa shape index (κ1) is 13.8. The van der Waals surface area contributed by atoms with Crippen molar-refractivity contribution in [1.29, 1.82) is 0 Å². The van der Waals surface area contributed by atoms with Gasteiger partial charge in [0, 0.05) is 29.6 Å². The maximum absolute atomic E-state index is 13.8. The second kappa shape index (κ2) is 5.55. The first-order valence-electron chi connectivity index (χ1n) is 5.82. The molecular weight excluding hydrogens is 267 g/mol. The van der Waals surface area contributed by atoms with Gasteiger partial charge in [0.25, 0.3) is 0 Å². The Bertz CT molecular complexity index is 617. The number of halogens is 2. The molecule has 0 amide bonds. The molecule has 0 atom stereocenters. The minimum Gasteiger partial charge on any atom is -0.454 e. The molecular formula is C14H14ClFN2O. The van der Waals surface area contributed by atoms with Gasteiger partial charge in [-0.05, 0) is 26.0 Å². The molecule has 0 radical (unpaired) electrons. The largest absolute Gasteiger partial charge is 0.454 e. The maximum atomic E-state index is 13.8. The number of pyridine rings is 1. The second-order valence-electron chi connectivity index (χ2n) is 4.18. The minimum atomic E-state index is -0.584. The number of nitrogens with two attached hydrogens (primary N) is 1. The lowest BCUT2D eigenvalue weighted by Crippen LogP contribution is -2.05. The molecule has 1 heterocycles. The average molecular weight is 281 g/mol. The molecule has 1 aromatic carbocycles. The third-order valence-electron chi connectivity index (χ3n) is 2.76. The molecule has 0 aliphatic carbocycles. The number of benzene rings is 1. The fourth-order valence-corrected chi connectivity index (χ4v) is 2.01. The van der Waals surface area contributed by atoms with Crippen molar-refractivity contribution < 1.29 is 9.13 Å². The molecule has 19 heavy (non-hydrogen) atoms. The summed E-state index contributed by atoms with van der Waals surface area (Å²) < 4.78 is 19.4. The van der Waals surface area contributed by atoms with Crippen molar-refractivity contribution in [2.45, 2.75) is 20.4 Å². The van der Waals surface area contributed by atoms with Crippen molar-refractivity contribution in [3.63, 3.8) is 0 Å². The number of aromatic nitrogens is 1. The molecule has 5 heteroatoms. The summed E-state index contributed by atoms with van der Waals surface area (Å²) in [5, 5.41) is 0.0225. The van der Waals surface area contributed by atoms with Crippen molar-refractivity contribution in [3.8, 4) is 11.5 Å². The Morgan fingerprint density at radius 2 is 2.05 bits per heavy atom. The van der Waals surface area contributed by atoms with E-state index >= 15 is 0 Å². The zero-order valence-electron chi connectivity index (χ0n) is 10.7. The van der Waals surface area contributed by atoms with E-state index < -0.39 is 5.82 Å². The molecule has 3 nitrogen and oxygen atoms in total. The average Bonchev–Trinajstić information content (AvgIpc) is 2.34. The highest BCUT2D eigenvalue weighted by atomic mass is 35.5. The zero-order valence-corrected chi connectivity index (χ0v) is 11.5. The standard InChI is InChI=1S/C14H14ClFN2O/c1-8-6-13(10(7-17)9(2)18-8)19-12-5-3-4-11(15)14(12)16/h3-6H,7,17H2,1-2H3. The Morgan fingerprint density at radius 1 is 1.32 bits per heavy atom. The Morgan fingerprint density at radius 3 is 2.74 bits per heavy atom. The maximum Gasteiger partial charge on any atom is 0.184 e. The summed E-state index contributed by atoms with van der Waals surface area (Å²) in [7, 11) is 0. The Hall–Kier alpha value is -1.65. The lowest BCUT2D eigenvalue weighted by Gasteiger charge is -2.13. The molecule has 100 valence electrons. The molecule has 0 aliphatic rings. The predicted octanol–water partition coefficient (Wildman–Crippen LogP) is 3.74. The van der Waals surface area contributed by atoms with Gasteiger partial charge >= 0.3 is 0 Å². The highest BCUT2D eigenvalue weighted by Crippen LogP contribution is 2.31. The molecule has 2 aromatic rings. The van der Waals surface area contributed by atoms with E-state index in [-0.39, 0.29) is 17.3 Å².